The van der Waals surface area contributed by atoms with Crippen LogP contribution in [0.5, 0.6) is 0 Å². The van der Waals surface area contributed by atoms with Crippen molar-refractivity contribution in [2.45, 2.75) is 19.8 Å². The highest BCUT2D eigenvalue weighted by molar-refractivity contribution is 7.92. The van der Waals surface area contributed by atoms with Gasteiger partial charge in [-0.2, -0.15) is 0 Å². The average molecular weight is 553 g/mol. The number of amides is 1. The number of esters is 1. The van der Waals surface area contributed by atoms with Gasteiger partial charge in [0.2, 0.25) is 21.9 Å². The molecule has 3 N–H and O–H groups in total. The molecule has 0 aliphatic carbocycles. The van der Waals surface area contributed by atoms with E-state index in [2.05, 4.69) is 30.2 Å². The molecule has 0 spiro atoms. The van der Waals surface area contributed by atoms with Crippen LogP contribution in [0.15, 0.2) is 60.8 Å². The second-order valence-corrected chi connectivity index (χ2v) is 10.9. The first-order valence-corrected chi connectivity index (χ1v) is 14.6. The van der Waals surface area contributed by atoms with Gasteiger partial charge in [-0.15, -0.1) is 0 Å². The molecule has 0 unspecified atom stereocenters. The second kappa shape index (κ2) is 12.6. The molecular weight excluding hydrogens is 520 g/mol. The molecule has 206 valence electrons. The van der Waals surface area contributed by atoms with Crippen molar-refractivity contribution in [2.24, 2.45) is 5.92 Å². The summed E-state index contributed by atoms with van der Waals surface area (Å²) in [6.45, 7) is 3.42. The van der Waals surface area contributed by atoms with E-state index < -0.39 is 16.0 Å². The largest absolute Gasteiger partial charge is 0.465 e. The fraction of sp³-hybridized carbons (Fsp3) is 0.333. The Bertz CT molecular complexity index is 1390. The molecule has 0 saturated carbocycles. The SMILES string of the molecule is CCOC(=O)CNC(=O)C1CCN(c2ccc(Nc3nccc(-c4ccc(NS(C)(=O)=O)cc4)n3)cc2)CC1. The number of piperidine rings is 1. The van der Waals surface area contributed by atoms with E-state index >= 15 is 0 Å². The molecule has 0 atom stereocenters. The number of anilines is 4. The number of carbonyl (C=O) groups is 2. The molecule has 1 aliphatic rings. The lowest BCUT2D eigenvalue weighted by Crippen LogP contribution is -2.42. The first-order chi connectivity index (χ1) is 18.7. The van der Waals surface area contributed by atoms with Crippen LogP contribution in [0.25, 0.3) is 11.3 Å². The molecule has 0 radical (unpaired) electrons. The number of aromatic nitrogens is 2. The third-order valence-corrected chi connectivity index (χ3v) is 6.81. The quantitative estimate of drug-likeness (QED) is 0.323. The van der Waals surface area contributed by atoms with Crippen molar-refractivity contribution in [1.82, 2.24) is 15.3 Å². The second-order valence-electron chi connectivity index (χ2n) is 9.17. The Morgan fingerprint density at radius 3 is 2.31 bits per heavy atom. The lowest BCUT2D eigenvalue weighted by Gasteiger charge is -2.33. The van der Waals surface area contributed by atoms with Gasteiger partial charge in [0.05, 0.1) is 18.6 Å². The highest BCUT2D eigenvalue weighted by Gasteiger charge is 2.25. The van der Waals surface area contributed by atoms with Crippen LogP contribution in [0.3, 0.4) is 0 Å². The van der Waals surface area contributed by atoms with E-state index in [1.807, 2.05) is 24.3 Å². The summed E-state index contributed by atoms with van der Waals surface area (Å²) in [5.74, 6) is -0.209. The number of nitrogens with one attached hydrogen (secondary N) is 3. The van der Waals surface area contributed by atoms with Gasteiger partial charge in [-0.05, 0) is 62.2 Å². The van der Waals surface area contributed by atoms with Gasteiger partial charge < -0.3 is 20.3 Å². The predicted octanol–water partition coefficient (Wildman–Crippen LogP) is 3.15. The van der Waals surface area contributed by atoms with Crippen LogP contribution in [-0.2, 0) is 24.3 Å². The Morgan fingerprint density at radius 1 is 1.00 bits per heavy atom. The van der Waals surface area contributed by atoms with E-state index in [-0.39, 0.29) is 18.4 Å². The number of carbonyl (C=O) groups excluding carboxylic acids is 2. The molecule has 12 heteroatoms. The average Bonchev–Trinajstić information content (AvgIpc) is 2.92. The Balaban J connectivity index is 1.30. The van der Waals surface area contributed by atoms with Gasteiger partial charge in [-0.3, -0.25) is 14.3 Å². The molecule has 1 aliphatic heterocycles. The highest BCUT2D eigenvalue weighted by Crippen LogP contribution is 2.26. The zero-order valence-electron chi connectivity index (χ0n) is 21.9. The van der Waals surface area contributed by atoms with Gasteiger partial charge in [-0.1, -0.05) is 12.1 Å². The fourth-order valence-corrected chi connectivity index (χ4v) is 4.87. The van der Waals surface area contributed by atoms with Crippen molar-refractivity contribution in [3.63, 3.8) is 0 Å². The molecule has 1 fully saturated rings. The van der Waals surface area contributed by atoms with Crippen molar-refractivity contribution < 1.29 is 22.7 Å². The Morgan fingerprint density at radius 2 is 1.67 bits per heavy atom. The minimum absolute atomic E-state index is 0.0941. The van der Waals surface area contributed by atoms with Gasteiger partial charge in [0.1, 0.15) is 6.54 Å². The molecule has 0 bridgehead atoms. The molecule has 39 heavy (non-hydrogen) atoms. The van der Waals surface area contributed by atoms with E-state index in [4.69, 9.17) is 4.74 Å². The van der Waals surface area contributed by atoms with Crippen LogP contribution < -0.4 is 20.3 Å². The number of benzene rings is 2. The third kappa shape index (κ3) is 8.14. The van der Waals surface area contributed by atoms with Crippen molar-refractivity contribution in [2.75, 3.05) is 47.4 Å². The standard InChI is InChI=1S/C27H32N6O5S/c1-3-38-25(34)18-29-26(35)20-13-16-33(17-14-20)23-10-8-21(9-11-23)30-27-28-15-12-24(31-27)19-4-6-22(7-5-19)32-39(2,36)37/h4-12,15,20,32H,3,13-14,16-18H2,1-2H3,(H,29,35)(H,28,30,31). The summed E-state index contributed by atoms with van der Waals surface area (Å²) in [6, 6.07) is 16.7. The van der Waals surface area contributed by atoms with Crippen LogP contribution in [-0.4, -0.2) is 62.8 Å². The van der Waals surface area contributed by atoms with Gasteiger partial charge in [0.15, 0.2) is 0 Å². The number of hydrogen-bond acceptors (Lipinski definition) is 9. The summed E-state index contributed by atoms with van der Waals surface area (Å²) in [5.41, 5.74) is 3.90. The zero-order chi connectivity index (χ0) is 27.8. The topological polar surface area (TPSA) is 143 Å². The van der Waals surface area contributed by atoms with Crippen LogP contribution >= 0.6 is 0 Å². The molecule has 11 nitrogen and oxygen atoms in total. The van der Waals surface area contributed by atoms with Gasteiger partial charge in [-0.25, -0.2) is 18.4 Å². The molecule has 4 rings (SSSR count). The smallest absolute Gasteiger partial charge is 0.325 e. The Kier molecular flexibility index (Phi) is 8.97. The summed E-state index contributed by atoms with van der Waals surface area (Å²) in [7, 11) is -3.34. The fourth-order valence-electron chi connectivity index (χ4n) is 4.30. The van der Waals surface area contributed by atoms with Gasteiger partial charge in [0, 0.05) is 47.8 Å². The maximum atomic E-state index is 12.4. The molecule has 2 aromatic carbocycles. The lowest BCUT2D eigenvalue weighted by atomic mass is 9.95. The Hall–Kier alpha value is -4.19. The molecule has 3 aromatic rings. The number of sulfonamides is 1. The summed E-state index contributed by atoms with van der Waals surface area (Å²) >= 11 is 0. The van der Waals surface area contributed by atoms with Gasteiger partial charge in [0.25, 0.3) is 0 Å². The third-order valence-electron chi connectivity index (χ3n) is 6.21. The molecule has 2 heterocycles. The number of ether oxygens (including phenoxy) is 1. The molecule has 1 aromatic heterocycles. The van der Waals surface area contributed by atoms with Crippen LogP contribution in [0.1, 0.15) is 19.8 Å². The molecule has 1 amide bonds. The summed E-state index contributed by atoms with van der Waals surface area (Å²) in [6.07, 6.45) is 4.19. The van der Waals surface area contributed by atoms with Gasteiger partial charge >= 0.3 is 5.97 Å². The van der Waals surface area contributed by atoms with E-state index in [0.29, 0.717) is 36.8 Å². The maximum absolute atomic E-state index is 12.4. The zero-order valence-corrected chi connectivity index (χ0v) is 22.7. The van der Waals surface area contributed by atoms with Crippen molar-refractivity contribution >= 4 is 44.9 Å². The highest BCUT2D eigenvalue weighted by atomic mass is 32.2. The minimum Gasteiger partial charge on any atom is -0.465 e. The van der Waals surface area contributed by atoms with Crippen LogP contribution in [0.4, 0.5) is 23.0 Å². The lowest BCUT2D eigenvalue weighted by molar-refractivity contribution is -0.143. The van der Waals surface area contributed by atoms with E-state index in [1.165, 1.54) is 0 Å². The van der Waals surface area contributed by atoms with Crippen LogP contribution in [0, 0.1) is 5.92 Å². The number of hydrogen-bond donors (Lipinski definition) is 3. The van der Waals surface area contributed by atoms with E-state index in [1.54, 1.807) is 43.5 Å². The monoisotopic (exact) mass is 552 g/mol. The minimum atomic E-state index is -3.34. The maximum Gasteiger partial charge on any atom is 0.325 e. The summed E-state index contributed by atoms with van der Waals surface area (Å²) in [5, 5.41) is 5.89. The van der Waals surface area contributed by atoms with Crippen molar-refractivity contribution in [3.05, 3.63) is 60.8 Å². The first kappa shape index (κ1) is 27.8. The van der Waals surface area contributed by atoms with E-state index in [0.717, 1.165) is 36.3 Å². The van der Waals surface area contributed by atoms with Crippen molar-refractivity contribution in [1.29, 1.82) is 0 Å². The van der Waals surface area contributed by atoms with Crippen LogP contribution in [0.2, 0.25) is 0 Å². The summed E-state index contributed by atoms with van der Waals surface area (Å²) < 4.78 is 30.1. The molecular formula is C27H32N6O5S. The Labute approximate surface area is 228 Å². The molecule has 1 saturated heterocycles. The number of nitrogens with zero attached hydrogens (tertiary/aromatic N) is 3. The van der Waals surface area contributed by atoms with E-state index in [9.17, 15) is 18.0 Å². The first-order valence-electron chi connectivity index (χ1n) is 12.7. The number of rotatable bonds is 10. The normalized spacial score (nSPS) is 13.9. The summed E-state index contributed by atoms with van der Waals surface area (Å²) in [4.78, 5) is 34.9. The van der Waals surface area contributed by atoms with Crippen molar-refractivity contribution in [3.8, 4) is 11.3 Å². The predicted molar refractivity (Wildman–Crippen MR) is 150 cm³/mol.